The van der Waals surface area contributed by atoms with E-state index in [0.29, 0.717) is 21.7 Å². The first kappa shape index (κ1) is 27.6. The molecule has 0 unspecified atom stereocenters. The number of methoxy groups -OCH3 is 1. The van der Waals surface area contributed by atoms with E-state index in [2.05, 4.69) is 50.8 Å². The Bertz CT molecular complexity index is 1960. The molecule has 0 amide bonds. The van der Waals surface area contributed by atoms with E-state index < -0.39 is 0 Å². The summed E-state index contributed by atoms with van der Waals surface area (Å²) in [5.41, 5.74) is 10.0. The summed E-state index contributed by atoms with van der Waals surface area (Å²) >= 11 is 4.48. The number of aromatic amines is 3. The van der Waals surface area contributed by atoms with Crippen molar-refractivity contribution in [2.24, 2.45) is 0 Å². The number of H-pyrrole nitrogens is 3. The molecule has 7 N–H and O–H groups in total. The third-order valence-electron chi connectivity index (χ3n) is 5.86. The molecule has 0 aliphatic carbocycles. The molecule has 0 atom stereocenters. The van der Waals surface area contributed by atoms with Crippen molar-refractivity contribution >= 4 is 71.3 Å². The number of aromatic hydroxyl groups is 2. The Labute approximate surface area is 244 Å². The van der Waals surface area contributed by atoms with Gasteiger partial charge in [0.15, 0.2) is 10.9 Å². The van der Waals surface area contributed by atoms with E-state index in [9.17, 15) is 15.0 Å². The van der Waals surface area contributed by atoms with Crippen molar-refractivity contribution in [1.82, 2.24) is 34.9 Å². The van der Waals surface area contributed by atoms with Gasteiger partial charge in [-0.2, -0.15) is 0 Å². The highest BCUT2D eigenvalue weighted by atomic mass is 79.9. The van der Waals surface area contributed by atoms with Crippen LogP contribution in [0.25, 0.3) is 44.4 Å². The van der Waals surface area contributed by atoms with Crippen molar-refractivity contribution in [3.05, 3.63) is 72.4 Å². The molecule has 0 aliphatic rings. The Morgan fingerprint density at radius 1 is 0.976 bits per heavy atom. The highest BCUT2D eigenvalue weighted by Gasteiger charge is 2.12. The Hall–Kier alpha value is -4.95. The normalized spacial score (nSPS) is 10.7. The molecule has 12 nitrogen and oxygen atoms in total. The maximum Gasteiger partial charge on any atom is 0.180 e. The van der Waals surface area contributed by atoms with E-state index in [4.69, 9.17) is 10.5 Å². The third-order valence-corrected chi connectivity index (χ3v) is 7.05. The van der Waals surface area contributed by atoms with Gasteiger partial charge in [-0.05, 0) is 24.3 Å². The molecule has 7 heterocycles. The SMILES string of the molecule is COc1cnc2[nH]ccc2c1.Nc1nc(-c2c[nH]c3ncc(O)cc23)cs1.O=C(CBr)c1c[nH]c2ncc(O)cc12. The molecule has 0 saturated carbocycles. The van der Waals surface area contributed by atoms with Crippen LogP contribution in [0.4, 0.5) is 5.13 Å². The number of alkyl halides is 1. The molecule has 208 valence electrons. The number of nitrogens with two attached hydrogens (primary N) is 1. The van der Waals surface area contributed by atoms with Gasteiger partial charge in [-0.1, -0.05) is 15.9 Å². The molecule has 0 aliphatic heterocycles. The number of rotatable bonds is 4. The van der Waals surface area contributed by atoms with Crippen LogP contribution in [0.3, 0.4) is 0 Å². The first-order valence-corrected chi connectivity index (χ1v) is 14.0. The smallest absolute Gasteiger partial charge is 0.180 e. The molecule has 41 heavy (non-hydrogen) atoms. The second-order valence-corrected chi connectivity index (χ2v) is 9.95. The van der Waals surface area contributed by atoms with Crippen molar-refractivity contribution in [3.8, 4) is 28.5 Å². The minimum Gasteiger partial charge on any atom is -0.506 e. The number of halogens is 1. The number of ketones is 1. The van der Waals surface area contributed by atoms with Crippen LogP contribution in [0.15, 0.2) is 66.8 Å². The lowest BCUT2D eigenvalue weighted by Crippen LogP contribution is -1.97. The largest absolute Gasteiger partial charge is 0.506 e. The van der Waals surface area contributed by atoms with Crippen LogP contribution >= 0.6 is 27.3 Å². The van der Waals surface area contributed by atoms with Crippen LogP contribution in [-0.4, -0.2) is 63.3 Å². The van der Waals surface area contributed by atoms with Gasteiger partial charge in [-0.3, -0.25) is 4.79 Å². The second kappa shape index (κ2) is 12.1. The van der Waals surface area contributed by atoms with Crippen LogP contribution in [0.5, 0.6) is 17.2 Å². The van der Waals surface area contributed by atoms with E-state index in [-0.39, 0.29) is 22.6 Å². The molecule has 0 fully saturated rings. The standard InChI is InChI=1S/C10H8N4OS.C9H7BrN2O2.C8H8N2O/c11-10-14-8(4-16-10)7-3-13-9-6(7)1-5(15)2-12-9;10-2-8(14)7-4-12-9-6(7)1-5(13)3-11-9;1-11-7-4-6-2-3-9-8(6)10-5-7/h1-4,15H,(H2,11,14)(H,12,13);1,3-4,13H,2H2,(H,11,12);2-5H,1H3,(H,9,10). The minimum atomic E-state index is -0.0383. The fourth-order valence-corrected chi connectivity index (χ4v) is 4.81. The van der Waals surface area contributed by atoms with Crippen LogP contribution < -0.4 is 10.5 Å². The summed E-state index contributed by atoms with van der Waals surface area (Å²) in [6.07, 6.45) is 9.70. The number of aromatic nitrogens is 7. The topological polar surface area (TPSA) is 192 Å². The van der Waals surface area contributed by atoms with E-state index in [1.54, 1.807) is 25.6 Å². The lowest BCUT2D eigenvalue weighted by Gasteiger charge is -1.96. The number of nitrogens with one attached hydrogen (secondary N) is 3. The van der Waals surface area contributed by atoms with Gasteiger partial charge in [-0.15, -0.1) is 11.3 Å². The molecule has 0 saturated heterocycles. The summed E-state index contributed by atoms with van der Waals surface area (Å²) in [5.74, 6) is 0.943. The zero-order chi connectivity index (χ0) is 28.9. The van der Waals surface area contributed by atoms with Gasteiger partial charge < -0.3 is 35.6 Å². The summed E-state index contributed by atoms with van der Waals surface area (Å²) in [5, 5.41) is 23.9. The van der Waals surface area contributed by atoms with Crippen LogP contribution in [-0.2, 0) is 0 Å². The van der Waals surface area contributed by atoms with Crippen molar-refractivity contribution < 1.29 is 19.7 Å². The highest BCUT2D eigenvalue weighted by Crippen LogP contribution is 2.31. The Morgan fingerprint density at radius 3 is 2.34 bits per heavy atom. The number of ether oxygens (including phenoxy) is 1. The number of hydrogen-bond acceptors (Lipinski definition) is 10. The quantitative estimate of drug-likeness (QED) is 0.109. The number of nitrogens with zero attached hydrogens (tertiary/aromatic N) is 4. The van der Waals surface area contributed by atoms with Gasteiger partial charge in [0.1, 0.15) is 34.2 Å². The number of pyridine rings is 3. The van der Waals surface area contributed by atoms with Crippen LogP contribution in [0, 0.1) is 0 Å². The van der Waals surface area contributed by atoms with Gasteiger partial charge in [0.25, 0.3) is 0 Å². The fourth-order valence-electron chi connectivity index (χ4n) is 3.94. The van der Waals surface area contributed by atoms with Crippen molar-refractivity contribution in [2.45, 2.75) is 0 Å². The fraction of sp³-hybridized carbons (Fsp3) is 0.0741. The molecule has 14 heteroatoms. The number of anilines is 1. The van der Waals surface area contributed by atoms with E-state index in [1.165, 1.54) is 29.8 Å². The van der Waals surface area contributed by atoms with Crippen molar-refractivity contribution in [1.29, 1.82) is 0 Å². The number of Topliss-reactive ketones (excluding diaryl/α,β-unsaturated/α-hetero) is 1. The predicted octanol–water partition coefficient (Wildman–Crippen LogP) is 5.39. The number of hydrogen-bond donors (Lipinski definition) is 6. The van der Waals surface area contributed by atoms with Crippen LogP contribution in [0.1, 0.15) is 10.4 Å². The van der Waals surface area contributed by atoms with Gasteiger partial charge in [0, 0.05) is 51.3 Å². The van der Waals surface area contributed by atoms with Gasteiger partial charge >= 0.3 is 0 Å². The third kappa shape index (κ3) is 6.13. The maximum absolute atomic E-state index is 11.4. The summed E-state index contributed by atoms with van der Waals surface area (Å²) in [4.78, 5) is 36.7. The lowest BCUT2D eigenvalue weighted by molar-refractivity contribution is 0.102. The number of fused-ring (bicyclic) bond motifs is 3. The summed E-state index contributed by atoms with van der Waals surface area (Å²) in [6, 6.07) is 7.09. The molecular formula is C27H23BrN8O4S. The Kier molecular flexibility index (Phi) is 8.12. The highest BCUT2D eigenvalue weighted by molar-refractivity contribution is 9.09. The maximum atomic E-state index is 11.4. The van der Waals surface area contributed by atoms with E-state index >= 15 is 0 Å². The van der Waals surface area contributed by atoms with Gasteiger partial charge in [0.2, 0.25) is 0 Å². The predicted molar refractivity (Wildman–Crippen MR) is 162 cm³/mol. The molecule has 0 radical (unpaired) electrons. The van der Waals surface area contributed by atoms with Crippen LogP contribution in [0.2, 0.25) is 0 Å². The first-order valence-electron chi connectivity index (χ1n) is 12.0. The molecule has 7 aromatic rings. The number of thiazole rings is 1. The first-order chi connectivity index (χ1) is 19.9. The van der Waals surface area contributed by atoms with Gasteiger partial charge in [0.05, 0.1) is 36.7 Å². The molecule has 0 spiro atoms. The van der Waals surface area contributed by atoms with E-state index in [0.717, 1.165) is 39.1 Å². The Morgan fingerprint density at radius 2 is 1.66 bits per heavy atom. The van der Waals surface area contributed by atoms with E-state index in [1.807, 2.05) is 29.9 Å². The summed E-state index contributed by atoms with van der Waals surface area (Å²) in [7, 11) is 1.63. The van der Waals surface area contributed by atoms with Crippen molar-refractivity contribution in [2.75, 3.05) is 18.2 Å². The average Bonchev–Trinajstić information content (AvgIpc) is 3.78. The lowest BCUT2D eigenvalue weighted by atomic mass is 10.1. The number of carbonyl (C=O) groups is 1. The second-order valence-electron chi connectivity index (χ2n) is 8.50. The zero-order valence-electron chi connectivity index (χ0n) is 21.4. The number of carbonyl (C=O) groups excluding carboxylic acids is 1. The van der Waals surface area contributed by atoms with Gasteiger partial charge in [-0.25, -0.2) is 19.9 Å². The summed E-state index contributed by atoms with van der Waals surface area (Å²) < 4.78 is 5.02. The number of nitrogen functional groups attached to an aromatic ring is 1. The molecule has 7 aromatic heterocycles. The minimum absolute atomic E-state index is 0.0383. The Balaban J connectivity index is 0.000000126. The monoisotopic (exact) mass is 634 g/mol. The van der Waals surface area contributed by atoms with Crippen molar-refractivity contribution in [3.63, 3.8) is 0 Å². The molecular weight excluding hydrogens is 612 g/mol. The molecule has 0 bridgehead atoms. The summed E-state index contributed by atoms with van der Waals surface area (Å²) in [6.45, 7) is 0. The zero-order valence-corrected chi connectivity index (χ0v) is 23.8. The average molecular weight is 636 g/mol. The molecule has 0 aromatic carbocycles. The molecule has 7 rings (SSSR count).